The second kappa shape index (κ2) is 16.3. The van der Waals surface area contributed by atoms with Crippen LogP contribution in [0.2, 0.25) is 0 Å². The first-order chi connectivity index (χ1) is 16.0. The lowest BCUT2D eigenvalue weighted by molar-refractivity contribution is -0.196. The van der Waals surface area contributed by atoms with Gasteiger partial charge < -0.3 is 19.3 Å². The number of aliphatic hydroxyl groups excluding tert-OH is 1. The Labute approximate surface area is 207 Å². The number of alkyl halides is 1. The van der Waals surface area contributed by atoms with Gasteiger partial charge in [0.2, 0.25) is 0 Å². The fourth-order valence-corrected chi connectivity index (χ4v) is 5.64. The third-order valence-electron chi connectivity index (χ3n) is 7.47. The number of hydrogen-bond donors (Lipinski definition) is 1. The van der Waals surface area contributed by atoms with E-state index in [4.69, 9.17) is 25.8 Å². The van der Waals surface area contributed by atoms with Gasteiger partial charge in [0.05, 0.1) is 31.3 Å². The van der Waals surface area contributed by atoms with Crippen LogP contribution in [0.3, 0.4) is 0 Å². The van der Waals surface area contributed by atoms with Crippen molar-refractivity contribution < 1.29 is 24.1 Å². The van der Waals surface area contributed by atoms with Crippen LogP contribution in [0.1, 0.15) is 117 Å². The fourth-order valence-electron chi connectivity index (χ4n) is 5.49. The Bertz CT molecular complexity index is 531. The molecular weight excluding hydrogens is 440 g/mol. The second-order valence-corrected chi connectivity index (χ2v) is 10.5. The van der Waals surface area contributed by atoms with E-state index < -0.39 is 5.79 Å². The predicted octanol–water partition coefficient (Wildman–Crippen LogP) is 6.77. The molecule has 1 heterocycles. The Kier molecular flexibility index (Phi) is 14.3. The molecule has 1 saturated carbocycles. The summed E-state index contributed by atoms with van der Waals surface area (Å²) in [5, 5.41) is 10.4. The molecule has 33 heavy (non-hydrogen) atoms. The number of halogens is 1. The number of esters is 1. The van der Waals surface area contributed by atoms with Crippen molar-refractivity contribution in [2.75, 3.05) is 19.1 Å². The van der Waals surface area contributed by atoms with Crippen molar-refractivity contribution in [1.29, 1.82) is 0 Å². The predicted molar refractivity (Wildman–Crippen MR) is 133 cm³/mol. The maximum absolute atomic E-state index is 11.8. The topological polar surface area (TPSA) is 65.0 Å². The van der Waals surface area contributed by atoms with Gasteiger partial charge >= 0.3 is 5.97 Å². The largest absolute Gasteiger partial charge is 0.466 e. The maximum Gasteiger partial charge on any atom is 0.305 e. The molecule has 0 aromatic carbocycles. The molecule has 0 radical (unpaired) electrons. The smallest absolute Gasteiger partial charge is 0.305 e. The summed E-state index contributed by atoms with van der Waals surface area (Å²) in [4.78, 5) is 11.8. The molecule has 0 amide bonds. The molecular formula is C27H49ClO5. The van der Waals surface area contributed by atoms with E-state index >= 15 is 0 Å². The molecule has 2 rings (SSSR count). The SMILES string of the molecule is CCCCCC(O)CC[C@H]1CCC2(OCC(CCl)O2)[C@@H]1CCCCCCC(=O)OCCCC. The lowest BCUT2D eigenvalue weighted by Crippen LogP contribution is -2.37. The summed E-state index contributed by atoms with van der Waals surface area (Å²) in [6.07, 6.45) is 16.0. The molecule has 1 N–H and O–H groups in total. The molecule has 0 aromatic rings. The normalized spacial score (nSPS) is 27.9. The molecule has 5 nitrogen and oxygen atoms in total. The molecule has 6 heteroatoms. The summed E-state index contributed by atoms with van der Waals surface area (Å²) >= 11 is 6.07. The van der Waals surface area contributed by atoms with E-state index in [9.17, 15) is 9.90 Å². The van der Waals surface area contributed by atoms with Crippen LogP contribution in [-0.2, 0) is 19.0 Å². The summed E-state index contributed by atoms with van der Waals surface area (Å²) in [5.41, 5.74) is 0. The first-order valence-electron chi connectivity index (χ1n) is 13.8. The van der Waals surface area contributed by atoms with E-state index in [1.165, 1.54) is 12.8 Å². The van der Waals surface area contributed by atoms with Crippen LogP contribution in [0.5, 0.6) is 0 Å². The highest BCUT2D eigenvalue weighted by atomic mass is 35.5. The highest BCUT2D eigenvalue weighted by Gasteiger charge is 2.54. The molecule has 1 saturated heterocycles. The van der Waals surface area contributed by atoms with Crippen LogP contribution in [0.4, 0.5) is 0 Å². The third kappa shape index (κ3) is 10.0. The molecule has 1 aliphatic carbocycles. The van der Waals surface area contributed by atoms with Crippen molar-refractivity contribution in [1.82, 2.24) is 0 Å². The highest BCUT2D eigenvalue weighted by Crippen LogP contribution is 2.51. The number of hydrogen-bond acceptors (Lipinski definition) is 5. The molecule has 3 unspecified atom stereocenters. The van der Waals surface area contributed by atoms with E-state index in [1.54, 1.807) is 0 Å². The van der Waals surface area contributed by atoms with Gasteiger partial charge in [-0.2, -0.15) is 0 Å². The zero-order valence-corrected chi connectivity index (χ0v) is 22.0. The molecule has 5 atom stereocenters. The first kappa shape index (κ1) is 28.9. The number of aliphatic hydroxyl groups is 1. The van der Waals surface area contributed by atoms with Crippen molar-refractivity contribution in [3.05, 3.63) is 0 Å². The lowest BCUT2D eigenvalue weighted by Gasteiger charge is -2.33. The Morgan fingerprint density at radius 1 is 1.06 bits per heavy atom. The van der Waals surface area contributed by atoms with Crippen LogP contribution >= 0.6 is 11.6 Å². The third-order valence-corrected chi connectivity index (χ3v) is 7.81. The number of carbonyl (C=O) groups is 1. The molecule has 194 valence electrons. The van der Waals surface area contributed by atoms with Crippen molar-refractivity contribution >= 4 is 17.6 Å². The monoisotopic (exact) mass is 488 g/mol. The quantitative estimate of drug-likeness (QED) is 0.131. The number of carbonyl (C=O) groups excluding carboxylic acids is 1. The van der Waals surface area contributed by atoms with Gasteiger partial charge in [-0.1, -0.05) is 58.8 Å². The molecule has 2 fully saturated rings. The van der Waals surface area contributed by atoms with Gasteiger partial charge in [0.25, 0.3) is 0 Å². The molecule has 1 spiro atoms. The van der Waals surface area contributed by atoms with E-state index in [0.717, 1.165) is 83.5 Å². The summed E-state index contributed by atoms with van der Waals surface area (Å²) in [6, 6.07) is 0. The minimum Gasteiger partial charge on any atom is -0.466 e. The Balaban J connectivity index is 1.75. The van der Waals surface area contributed by atoms with Crippen molar-refractivity contribution in [3.8, 4) is 0 Å². The van der Waals surface area contributed by atoms with Gasteiger partial charge in [0.15, 0.2) is 5.79 Å². The molecule has 0 bridgehead atoms. The van der Waals surface area contributed by atoms with Crippen LogP contribution in [0.15, 0.2) is 0 Å². The number of unbranched alkanes of at least 4 members (excludes halogenated alkanes) is 6. The molecule has 1 aliphatic heterocycles. The van der Waals surface area contributed by atoms with E-state index in [-0.39, 0.29) is 18.2 Å². The van der Waals surface area contributed by atoms with Gasteiger partial charge in [0, 0.05) is 18.8 Å². The standard InChI is InChI=1S/C27H49ClO5/c1-3-5-9-12-23(29)16-15-22-17-18-27(32-21-24(20-28)33-27)25(22)13-10-7-8-11-14-26(30)31-19-6-4-2/h22-25,29H,3-21H2,1-2H3/t22-,23?,24?,25+,27?/m0/s1. The zero-order valence-electron chi connectivity index (χ0n) is 21.2. The molecule has 0 aromatic heterocycles. The zero-order chi connectivity index (χ0) is 23.9. The van der Waals surface area contributed by atoms with Gasteiger partial charge in [-0.25, -0.2) is 0 Å². The maximum atomic E-state index is 11.8. The second-order valence-electron chi connectivity index (χ2n) is 10.2. The van der Waals surface area contributed by atoms with E-state index in [2.05, 4.69) is 13.8 Å². The first-order valence-corrected chi connectivity index (χ1v) is 14.3. The summed E-state index contributed by atoms with van der Waals surface area (Å²) in [5.74, 6) is 0.848. The van der Waals surface area contributed by atoms with Gasteiger partial charge in [0.1, 0.15) is 0 Å². The van der Waals surface area contributed by atoms with Crippen LogP contribution in [0.25, 0.3) is 0 Å². The van der Waals surface area contributed by atoms with E-state index in [1.807, 2.05) is 0 Å². The fraction of sp³-hybridized carbons (Fsp3) is 0.963. The summed E-state index contributed by atoms with van der Waals surface area (Å²) in [6.45, 7) is 5.44. The summed E-state index contributed by atoms with van der Waals surface area (Å²) < 4.78 is 17.9. The van der Waals surface area contributed by atoms with Crippen molar-refractivity contribution in [2.45, 2.75) is 135 Å². The average Bonchev–Trinajstić information content (AvgIpc) is 3.38. The van der Waals surface area contributed by atoms with Crippen molar-refractivity contribution in [3.63, 3.8) is 0 Å². The summed E-state index contributed by atoms with van der Waals surface area (Å²) in [7, 11) is 0. The Morgan fingerprint density at radius 3 is 2.58 bits per heavy atom. The Hall–Kier alpha value is -0.360. The highest BCUT2D eigenvalue weighted by molar-refractivity contribution is 6.18. The lowest BCUT2D eigenvalue weighted by atomic mass is 9.84. The van der Waals surface area contributed by atoms with Gasteiger partial charge in [-0.05, 0) is 50.9 Å². The minimum absolute atomic E-state index is 0.00808. The minimum atomic E-state index is -0.472. The number of ether oxygens (including phenoxy) is 3. The van der Waals surface area contributed by atoms with Crippen LogP contribution in [-0.4, -0.2) is 48.2 Å². The Morgan fingerprint density at radius 2 is 1.85 bits per heavy atom. The average molecular weight is 489 g/mol. The van der Waals surface area contributed by atoms with E-state index in [0.29, 0.717) is 37.4 Å². The molecule has 2 aliphatic rings. The van der Waals surface area contributed by atoms with Gasteiger partial charge in [-0.15, -0.1) is 11.6 Å². The number of rotatable bonds is 18. The van der Waals surface area contributed by atoms with Crippen molar-refractivity contribution in [2.24, 2.45) is 11.8 Å². The van der Waals surface area contributed by atoms with Crippen LogP contribution < -0.4 is 0 Å². The van der Waals surface area contributed by atoms with Gasteiger partial charge in [-0.3, -0.25) is 4.79 Å². The van der Waals surface area contributed by atoms with Crippen LogP contribution in [0, 0.1) is 11.8 Å².